The molecule has 5 nitrogen and oxygen atoms in total. The van der Waals surface area contributed by atoms with Gasteiger partial charge in [0.25, 0.3) is 0 Å². The summed E-state index contributed by atoms with van der Waals surface area (Å²) in [5, 5.41) is 1.53. The largest absolute Gasteiger partial charge is 0.326 e. The van der Waals surface area contributed by atoms with E-state index in [0.717, 1.165) is 5.39 Å². The smallest absolute Gasteiger partial charge is 0.243 e. The molecule has 2 aromatic rings. The van der Waals surface area contributed by atoms with Gasteiger partial charge in [-0.05, 0) is 18.6 Å². The van der Waals surface area contributed by atoms with Crippen LogP contribution in [0.5, 0.6) is 0 Å². The number of pyridine rings is 1. The quantitative estimate of drug-likeness (QED) is 0.887. The number of sulfonamides is 1. The Kier molecular flexibility index (Phi) is 3.00. The SMILES string of the molecule is N[C@H]1CCN(S(=O)(=O)c2cccc3cnccc23)C1. The fourth-order valence-corrected chi connectivity index (χ4v) is 4.16. The number of nitrogens with two attached hydrogens (primary N) is 1. The van der Waals surface area contributed by atoms with Crippen LogP contribution in [0, 0.1) is 0 Å². The molecular weight excluding hydrogens is 262 g/mol. The molecule has 2 N–H and O–H groups in total. The number of aromatic nitrogens is 1. The van der Waals surface area contributed by atoms with Crippen LogP contribution in [0.25, 0.3) is 10.8 Å². The van der Waals surface area contributed by atoms with E-state index in [1.165, 1.54) is 4.31 Å². The lowest BCUT2D eigenvalue weighted by Crippen LogP contribution is -2.32. The van der Waals surface area contributed by atoms with Crippen molar-refractivity contribution in [2.45, 2.75) is 17.4 Å². The highest BCUT2D eigenvalue weighted by atomic mass is 32.2. The monoisotopic (exact) mass is 277 g/mol. The van der Waals surface area contributed by atoms with Crippen molar-refractivity contribution < 1.29 is 8.42 Å². The highest BCUT2D eigenvalue weighted by Gasteiger charge is 2.31. The minimum absolute atomic E-state index is 0.0635. The Balaban J connectivity index is 2.14. The summed E-state index contributed by atoms with van der Waals surface area (Å²) in [6.07, 6.45) is 3.99. The third-order valence-electron chi connectivity index (χ3n) is 3.45. The standard InChI is InChI=1S/C13H15N3O2S/c14-11-5-7-16(9-11)19(17,18)13-3-1-2-10-8-15-6-4-12(10)13/h1-4,6,8,11H,5,7,9,14H2/t11-/m0/s1. The lowest BCUT2D eigenvalue weighted by atomic mass is 10.2. The summed E-state index contributed by atoms with van der Waals surface area (Å²) < 4.78 is 26.8. The fourth-order valence-electron chi connectivity index (χ4n) is 2.43. The fraction of sp³-hybridized carbons (Fsp3) is 0.308. The van der Waals surface area contributed by atoms with Gasteiger partial charge in [-0.1, -0.05) is 12.1 Å². The van der Waals surface area contributed by atoms with Crippen molar-refractivity contribution in [2.24, 2.45) is 5.73 Å². The number of nitrogens with zero attached hydrogens (tertiary/aromatic N) is 2. The van der Waals surface area contributed by atoms with E-state index in [4.69, 9.17) is 5.73 Å². The van der Waals surface area contributed by atoms with Crippen LogP contribution in [0.2, 0.25) is 0 Å². The molecule has 1 aromatic heterocycles. The van der Waals surface area contributed by atoms with Crippen LogP contribution >= 0.6 is 0 Å². The molecule has 6 heteroatoms. The van der Waals surface area contributed by atoms with Crippen molar-refractivity contribution in [3.05, 3.63) is 36.7 Å². The zero-order chi connectivity index (χ0) is 13.5. The van der Waals surface area contributed by atoms with E-state index in [1.807, 2.05) is 6.07 Å². The van der Waals surface area contributed by atoms with Crippen molar-refractivity contribution in [2.75, 3.05) is 13.1 Å². The molecule has 0 unspecified atom stereocenters. The Bertz CT molecular complexity index is 709. The first-order chi connectivity index (χ1) is 9.09. The molecule has 0 radical (unpaired) electrons. The zero-order valence-electron chi connectivity index (χ0n) is 10.4. The van der Waals surface area contributed by atoms with E-state index in [1.54, 1.807) is 30.6 Å². The second-order valence-electron chi connectivity index (χ2n) is 4.76. The molecule has 0 aliphatic carbocycles. The number of fused-ring (bicyclic) bond motifs is 1. The van der Waals surface area contributed by atoms with Gasteiger partial charge in [-0.25, -0.2) is 8.42 Å². The van der Waals surface area contributed by atoms with Crippen molar-refractivity contribution >= 4 is 20.8 Å². The maximum absolute atomic E-state index is 12.6. The summed E-state index contributed by atoms with van der Waals surface area (Å²) in [7, 11) is -3.47. The van der Waals surface area contributed by atoms with Gasteiger partial charge in [0.1, 0.15) is 0 Å². The lowest BCUT2D eigenvalue weighted by molar-refractivity contribution is 0.473. The Hall–Kier alpha value is -1.50. The number of rotatable bonds is 2. The summed E-state index contributed by atoms with van der Waals surface area (Å²) in [6.45, 7) is 0.884. The third-order valence-corrected chi connectivity index (χ3v) is 5.37. The van der Waals surface area contributed by atoms with E-state index in [0.29, 0.717) is 29.8 Å². The molecule has 1 aliphatic heterocycles. The summed E-state index contributed by atoms with van der Waals surface area (Å²) in [5.74, 6) is 0. The first kappa shape index (κ1) is 12.5. The first-order valence-electron chi connectivity index (χ1n) is 6.17. The van der Waals surface area contributed by atoms with E-state index in [2.05, 4.69) is 4.98 Å². The molecule has 1 aliphatic rings. The third kappa shape index (κ3) is 2.11. The molecule has 1 saturated heterocycles. The van der Waals surface area contributed by atoms with E-state index in [-0.39, 0.29) is 6.04 Å². The second kappa shape index (κ2) is 4.56. The molecule has 2 heterocycles. The number of hydrogen-bond acceptors (Lipinski definition) is 4. The molecule has 0 saturated carbocycles. The molecule has 1 fully saturated rings. The van der Waals surface area contributed by atoms with Crippen LogP contribution in [0.15, 0.2) is 41.6 Å². The van der Waals surface area contributed by atoms with Crippen LogP contribution in [0.4, 0.5) is 0 Å². The highest BCUT2D eigenvalue weighted by molar-refractivity contribution is 7.89. The molecular formula is C13H15N3O2S. The summed E-state index contributed by atoms with van der Waals surface area (Å²) in [5.41, 5.74) is 5.80. The summed E-state index contributed by atoms with van der Waals surface area (Å²) in [4.78, 5) is 4.35. The van der Waals surface area contributed by atoms with Crippen LogP contribution < -0.4 is 5.73 Å². The van der Waals surface area contributed by atoms with E-state index >= 15 is 0 Å². The Morgan fingerprint density at radius 1 is 1.32 bits per heavy atom. The maximum atomic E-state index is 12.6. The molecule has 3 rings (SSSR count). The van der Waals surface area contributed by atoms with E-state index < -0.39 is 10.0 Å². The maximum Gasteiger partial charge on any atom is 0.243 e. The average Bonchev–Trinajstić information content (AvgIpc) is 2.85. The Morgan fingerprint density at radius 3 is 2.89 bits per heavy atom. The van der Waals surface area contributed by atoms with Crippen molar-refractivity contribution in [3.8, 4) is 0 Å². The van der Waals surface area contributed by atoms with Crippen LogP contribution in [-0.4, -0.2) is 36.8 Å². The zero-order valence-corrected chi connectivity index (χ0v) is 11.2. The van der Waals surface area contributed by atoms with Crippen molar-refractivity contribution in [1.82, 2.24) is 9.29 Å². The normalized spacial score (nSPS) is 21.0. The molecule has 1 atom stereocenters. The predicted molar refractivity (Wildman–Crippen MR) is 73.1 cm³/mol. The predicted octanol–water partition coefficient (Wildman–Crippen LogP) is 0.956. The minimum Gasteiger partial charge on any atom is -0.326 e. The second-order valence-corrected chi connectivity index (χ2v) is 6.67. The van der Waals surface area contributed by atoms with E-state index in [9.17, 15) is 8.42 Å². The van der Waals surface area contributed by atoms with Crippen LogP contribution in [0.1, 0.15) is 6.42 Å². The van der Waals surface area contributed by atoms with Gasteiger partial charge in [0.15, 0.2) is 0 Å². The molecule has 0 amide bonds. The number of benzene rings is 1. The van der Waals surface area contributed by atoms with Gasteiger partial charge in [0, 0.05) is 42.3 Å². The van der Waals surface area contributed by atoms with Crippen LogP contribution in [0.3, 0.4) is 0 Å². The topological polar surface area (TPSA) is 76.3 Å². The van der Waals surface area contributed by atoms with Gasteiger partial charge in [0.05, 0.1) is 4.90 Å². The average molecular weight is 277 g/mol. The lowest BCUT2D eigenvalue weighted by Gasteiger charge is -2.17. The molecule has 0 bridgehead atoms. The Morgan fingerprint density at radius 2 is 2.16 bits per heavy atom. The summed E-state index contributed by atoms with van der Waals surface area (Å²) >= 11 is 0. The van der Waals surface area contributed by atoms with Gasteiger partial charge in [-0.3, -0.25) is 4.98 Å². The first-order valence-corrected chi connectivity index (χ1v) is 7.61. The Labute approximate surface area is 112 Å². The molecule has 100 valence electrons. The van der Waals surface area contributed by atoms with Gasteiger partial charge < -0.3 is 5.73 Å². The minimum atomic E-state index is -3.47. The highest BCUT2D eigenvalue weighted by Crippen LogP contribution is 2.26. The summed E-state index contributed by atoms with van der Waals surface area (Å²) in [6, 6.07) is 6.91. The molecule has 0 spiro atoms. The van der Waals surface area contributed by atoms with Crippen molar-refractivity contribution in [3.63, 3.8) is 0 Å². The molecule has 1 aromatic carbocycles. The molecule has 19 heavy (non-hydrogen) atoms. The van der Waals surface area contributed by atoms with Crippen LogP contribution in [-0.2, 0) is 10.0 Å². The van der Waals surface area contributed by atoms with Crippen molar-refractivity contribution in [1.29, 1.82) is 0 Å². The van der Waals surface area contributed by atoms with Gasteiger partial charge in [-0.15, -0.1) is 0 Å². The van der Waals surface area contributed by atoms with Gasteiger partial charge >= 0.3 is 0 Å². The number of hydrogen-bond donors (Lipinski definition) is 1. The van der Waals surface area contributed by atoms with Gasteiger partial charge in [0.2, 0.25) is 10.0 Å². The van der Waals surface area contributed by atoms with Gasteiger partial charge in [-0.2, -0.15) is 4.31 Å².